The Balaban J connectivity index is 2.37. The normalized spacial score (nSPS) is 24.1. The minimum Gasteiger partial charge on any atom is -0.463 e. The summed E-state index contributed by atoms with van der Waals surface area (Å²) in [4.78, 5) is 59.2. The summed E-state index contributed by atoms with van der Waals surface area (Å²) in [5, 5.41) is 5.12. The van der Waals surface area contributed by atoms with E-state index in [4.69, 9.17) is 23.7 Å². The monoisotopic (exact) mass is 466 g/mol. The molecule has 12 nitrogen and oxygen atoms in total. The Morgan fingerprint density at radius 3 is 1.94 bits per heavy atom. The van der Waals surface area contributed by atoms with Gasteiger partial charge in [0.2, 0.25) is 6.29 Å². The number of carbonyl (C=O) groups excluding carboxylic acids is 5. The van der Waals surface area contributed by atoms with Gasteiger partial charge in [-0.1, -0.05) is 18.2 Å². The van der Waals surface area contributed by atoms with E-state index >= 15 is 0 Å². The summed E-state index contributed by atoms with van der Waals surface area (Å²) in [6.07, 6.45) is -5.26. The third kappa shape index (κ3) is 8.07. The summed E-state index contributed by atoms with van der Waals surface area (Å²) in [5.41, 5.74) is 0.462. The lowest BCUT2D eigenvalue weighted by atomic mass is 9.96. The van der Waals surface area contributed by atoms with Gasteiger partial charge in [0.1, 0.15) is 18.8 Å². The lowest BCUT2D eigenvalue weighted by molar-refractivity contribution is -0.270. The number of nitrogens with one attached hydrogen (secondary N) is 2. The number of amides is 2. The lowest BCUT2D eigenvalue weighted by Gasteiger charge is -2.44. The maximum Gasteiger partial charge on any atom is 0.319 e. The molecule has 0 saturated carbocycles. The van der Waals surface area contributed by atoms with Crippen molar-refractivity contribution >= 4 is 35.6 Å². The zero-order valence-electron chi connectivity index (χ0n) is 18.6. The molecule has 0 spiro atoms. The Kier molecular flexibility index (Phi) is 9.16. The highest BCUT2D eigenvalue weighted by molar-refractivity contribution is 5.89. The van der Waals surface area contributed by atoms with Gasteiger partial charge in [0.25, 0.3) is 0 Å². The fourth-order valence-electron chi connectivity index (χ4n) is 3.16. The van der Waals surface area contributed by atoms with Crippen LogP contribution in [0.5, 0.6) is 0 Å². The smallest absolute Gasteiger partial charge is 0.319 e. The van der Waals surface area contributed by atoms with Gasteiger partial charge in [0, 0.05) is 33.4 Å². The van der Waals surface area contributed by atoms with Crippen LogP contribution in [0.4, 0.5) is 10.5 Å². The van der Waals surface area contributed by atoms with Gasteiger partial charge < -0.3 is 34.3 Å². The van der Waals surface area contributed by atoms with Crippen LogP contribution in [0.25, 0.3) is 0 Å². The molecule has 2 rings (SSSR count). The van der Waals surface area contributed by atoms with Crippen molar-refractivity contribution in [1.29, 1.82) is 0 Å². The molecule has 180 valence electrons. The van der Waals surface area contributed by atoms with E-state index in [1.807, 2.05) is 0 Å². The fourth-order valence-corrected chi connectivity index (χ4v) is 3.16. The first-order valence-corrected chi connectivity index (χ1v) is 10.00. The summed E-state index contributed by atoms with van der Waals surface area (Å²) in [6, 6.07) is 6.45. The molecule has 5 unspecified atom stereocenters. The number of para-hydroxylation sites is 1. The zero-order chi connectivity index (χ0) is 24.5. The van der Waals surface area contributed by atoms with Crippen molar-refractivity contribution in [1.82, 2.24) is 5.32 Å². The molecule has 1 aromatic rings. The first-order chi connectivity index (χ1) is 15.6. The van der Waals surface area contributed by atoms with E-state index in [1.54, 1.807) is 30.3 Å². The Bertz CT molecular complexity index is 875. The molecule has 0 aliphatic carbocycles. The maximum atomic E-state index is 12.6. The highest BCUT2D eigenvalue weighted by Crippen LogP contribution is 2.28. The van der Waals surface area contributed by atoms with Crippen molar-refractivity contribution < 1.29 is 47.7 Å². The van der Waals surface area contributed by atoms with Crippen molar-refractivity contribution in [2.24, 2.45) is 0 Å². The Hall–Kier alpha value is -3.67. The molecule has 1 aliphatic heterocycles. The van der Waals surface area contributed by atoms with Crippen LogP contribution < -0.4 is 10.6 Å². The zero-order valence-corrected chi connectivity index (χ0v) is 18.6. The predicted molar refractivity (Wildman–Crippen MR) is 111 cm³/mol. The second-order valence-electron chi connectivity index (χ2n) is 7.09. The van der Waals surface area contributed by atoms with Crippen LogP contribution >= 0.6 is 0 Å². The molecule has 1 fully saturated rings. The fraction of sp³-hybridized carbons (Fsp3) is 0.476. The van der Waals surface area contributed by atoms with Gasteiger partial charge >= 0.3 is 29.9 Å². The lowest BCUT2D eigenvalue weighted by Crippen LogP contribution is -2.67. The van der Waals surface area contributed by atoms with Crippen molar-refractivity contribution in [3.63, 3.8) is 0 Å². The molecule has 5 atom stereocenters. The van der Waals surface area contributed by atoms with Crippen molar-refractivity contribution in [2.75, 3.05) is 11.9 Å². The van der Waals surface area contributed by atoms with Crippen LogP contribution in [0.15, 0.2) is 30.3 Å². The van der Waals surface area contributed by atoms with Crippen molar-refractivity contribution in [2.45, 2.75) is 58.3 Å². The van der Waals surface area contributed by atoms with Crippen LogP contribution in [0.3, 0.4) is 0 Å². The molecule has 2 N–H and O–H groups in total. The topological polar surface area (TPSA) is 156 Å². The summed E-state index contributed by atoms with van der Waals surface area (Å²) >= 11 is 0. The number of hydrogen-bond donors (Lipinski definition) is 2. The van der Waals surface area contributed by atoms with E-state index in [0.717, 1.165) is 27.7 Å². The van der Waals surface area contributed by atoms with Crippen LogP contribution in [0, 0.1) is 0 Å². The van der Waals surface area contributed by atoms with Crippen LogP contribution in [-0.4, -0.2) is 67.2 Å². The molecule has 0 radical (unpaired) electrons. The van der Waals surface area contributed by atoms with Crippen molar-refractivity contribution in [3.8, 4) is 0 Å². The number of ether oxygens (including phenoxy) is 5. The van der Waals surface area contributed by atoms with Gasteiger partial charge in [-0.15, -0.1) is 0 Å². The van der Waals surface area contributed by atoms with E-state index in [-0.39, 0.29) is 0 Å². The molecule has 12 heteroatoms. The molecular weight excluding hydrogens is 440 g/mol. The molecular formula is C21H26N2O10. The third-order valence-corrected chi connectivity index (χ3v) is 4.31. The van der Waals surface area contributed by atoms with Gasteiger partial charge in [-0.25, -0.2) is 4.79 Å². The Labute approximate surface area is 189 Å². The minimum atomic E-state index is -1.46. The molecule has 0 aromatic heterocycles. The van der Waals surface area contributed by atoms with Gasteiger partial charge in [0.05, 0.1) is 0 Å². The van der Waals surface area contributed by atoms with Crippen LogP contribution in [-0.2, 0) is 42.9 Å². The van der Waals surface area contributed by atoms with E-state index in [1.165, 1.54) is 0 Å². The number of hydrogen-bond acceptors (Lipinski definition) is 10. The van der Waals surface area contributed by atoms with Crippen LogP contribution in [0.2, 0.25) is 0 Å². The van der Waals surface area contributed by atoms with E-state index in [2.05, 4.69) is 10.6 Å². The largest absolute Gasteiger partial charge is 0.463 e. The van der Waals surface area contributed by atoms with Gasteiger partial charge in [-0.3, -0.25) is 19.2 Å². The van der Waals surface area contributed by atoms with Gasteiger partial charge in [-0.2, -0.15) is 0 Å². The second kappa shape index (κ2) is 11.8. The maximum absolute atomic E-state index is 12.6. The standard InChI is InChI=1S/C21H26N2O10/c1-11(24)29-10-16-18(30-12(2)25)19(31-13(3)26)17(20(33-16)32-14(4)27)23-21(28)22-15-8-6-5-7-9-15/h5-9,16-20H,10H2,1-4H3,(H2,22,23,28). The summed E-state index contributed by atoms with van der Waals surface area (Å²) < 4.78 is 26.5. The van der Waals surface area contributed by atoms with Crippen LogP contribution in [0.1, 0.15) is 27.7 Å². The first kappa shape index (κ1) is 25.6. The van der Waals surface area contributed by atoms with E-state index in [0.29, 0.717) is 5.69 Å². The van der Waals surface area contributed by atoms with Gasteiger partial charge in [-0.05, 0) is 12.1 Å². The molecule has 2 amide bonds. The summed E-state index contributed by atoms with van der Waals surface area (Å²) in [5.74, 6) is -2.90. The number of anilines is 1. The molecule has 1 aromatic carbocycles. The molecule has 0 bridgehead atoms. The Morgan fingerprint density at radius 1 is 0.818 bits per heavy atom. The Morgan fingerprint density at radius 2 is 1.39 bits per heavy atom. The van der Waals surface area contributed by atoms with Gasteiger partial charge in [0.15, 0.2) is 12.2 Å². The predicted octanol–water partition coefficient (Wildman–Crippen LogP) is 0.891. The SMILES string of the molecule is CC(=O)OCC1OC(OC(C)=O)C(NC(=O)Nc2ccccc2)C(OC(C)=O)C1OC(C)=O. The average Bonchev–Trinajstić information content (AvgIpc) is 2.70. The van der Waals surface area contributed by atoms with Crippen molar-refractivity contribution in [3.05, 3.63) is 30.3 Å². The number of carbonyl (C=O) groups is 5. The summed E-state index contributed by atoms with van der Waals surface area (Å²) in [7, 11) is 0. The number of rotatable bonds is 7. The van der Waals surface area contributed by atoms with E-state index in [9.17, 15) is 24.0 Å². The molecule has 1 saturated heterocycles. The molecule has 1 heterocycles. The second-order valence-corrected chi connectivity index (χ2v) is 7.09. The average molecular weight is 466 g/mol. The molecule has 1 aliphatic rings. The first-order valence-electron chi connectivity index (χ1n) is 10.00. The number of urea groups is 1. The summed E-state index contributed by atoms with van der Waals surface area (Å²) in [6.45, 7) is 4.12. The molecule has 33 heavy (non-hydrogen) atoms. The minimum absolute atomic E-state index is 0.397. The number of benzene rings is 1. The number of esters is 4. The third-order valence-electron chi connectivity index (χ3n) is 4.31. The highest BCUT2D eigenvalue weighted by atomic mass is 16.7. The quantitative estimate of drug-likeness (QED) is 0.437. The van der Waals surface area contributed by atoms with E-state index < -0.39 is 67.2 Å². The highest BCUT2D eigenvalue weighted by Gasteiger charge is 2.52.